The van der Waals surface area contributed by atoms with Crippen LogP contribution in [0.25, 0.3) is 0 Å². The number of carbonyl (C=O) groups is 1. The number of carbonyl (C=O) groups excluding carboxylic acids is 1. The number of nitrogens with one attached hydrogen (secondary N) is 1. The molecule has 0 aromatic heterocycles. The number of amides is 1. The van der Waals surface area contributed by atoms with E-state index in [2.05, 4.69) is 12.2 Å². The maximum atomic E-state index is 10.6. The van der Waals surface area contributed by atoms with Crippen molar-refractivity contribution >= 4 is 11.6 Å². The lowest BCUT2D eigenvalue weighted by Crippen LogP contribution is -2.23. The molecule has 2 rings (SSSR count). The zero-order chi connectivity index (χ0) is 14.4. The van der Waals surface area contributed by atoms with Crippen molar-refractivity contribution in [1.29, 1.82) is 0 Å². The van der Waals surface area contributed by atoms with Crippen LogP contribution in [0.4, 0.5) is 5.69 Å². The van der Waals surface area contributed by atoms with Gasteiger partial charge in [-0.3, -0.25) is 4.79 Å². The van der Waals surface area contributed by atoms with Gasteiger partial charge in [-0.25, -0.2) is 0 Å². The molecule has 1 amide bonds. The standard InChI is InChI=1S/C16H24N2O2/c1-12(13-4-2-3-5-13)18-14-6-8-15(9-7-14)20-11-10-16(17)19/h6-9,12-13,18H,2-5,10-11H2,1H3,(H2,17,19). The molecule has 0 heterocycles. The first-order valence-corrected chi connectivity index (χ1v) is 7.43. The summed E-state index contributed by atoms with van der Waals surface area (Å²) in [6.45, 7) is 2.59. The molecule has 0 aliphatic heterocycles. The maximum absolute atomic E-state index is 10.6. The van der Waals surface area contributed by atoms with Crippen LogP contribution in [0.5, 0.6) is 5.75 Å². The predicted octanol–water partition coefficient (Wildman–Crippen LogP) is 2.93. The molecule has 4 heteroatoms. The predicted molar refractivity (Wildman–Crippen MR) is 80.8 cm³/mol. The Labute approximate surface area is 120 Å². The second kappa shape index (κ2) is 7.17. The molecule has 0 saturated heterocycles. The van der Waals surface area contributed by atoms with Crippen LogP contribution in [-0.4, -0.2) is 18.6 Å². The van der Waals surface area contributed by atoms with Crippen LogP contribution in [0.15, 0.2) is 24.3 Å². The highest BCUT2D eigenvalue weighted by Gasteiger charge is 2.21. The summed E-state index contributed by atoms with van der Waals surface area (Å²) >= 11 is 0. The zero-order valence-electron chi connectivity index (χ0n) is 12.1. The molecule has 3 N–H and O–H groups in total. The Morgan fingerprint density at radius 2 is 2.00 bits per heavy atom. The molecule has 1 aromatic rings. The molecule has 110 valence electrons. The van der Waals surface area contributed by atoms with Crippen LogP contribution in [-0.2, 0) is 4.79 Å². The molecule has 1 fully saturated rings. The Balaban J connectivity index is 1.80. The Hall–Kier alpha value is -1.71. The molecule has 20 heavy (non-hydrogen) atoms. The highest BCUT2D eigenvalue weighted by atomic mass is 16.5. The minimum atomic E-state index is -0.339. The first-order chi connectivity index (χ1) is 9.65. The molecular formula is C16H24N2O2. The molecule has 1 aromatic carbocycles. The van der Waals surface area contributed by atoms with E-state index in [9.17, 15) is 4.79 Å². The van der Waals surface area contributed by atoms with E-state index in [4.69, 9.17) is 10.5 Å². The number of hydrogen-bond acceptors (Lipinski definition) is 3. The van der Waals surface area contributed by atoms with E-state index in [0.29, 0.717) is 12.6 Å². The summed E-state index contributed by atoms with van der Waals surface area (Å²) in [5.74, 6) is 1.22. The highest BCUT2D eigenvalue weighted by molar-refractivity contribution is 5.73. The fourth-order valence-corrected chi connectivity index (χ4v) is 2.75. The van der Waals surface area contributed by atoms with E-state index < -0.39 is 0 Å². The van der Waals surface area contributed by atoms with Crippen molar-refractivity contribution in [3.05, 3.63) is 24.3 Å². The Kier molecular flexibility index (Phi) is 5.27. The van der Waals surface area contributed by atoms with Gasteiger partial charge in [0.05, 0.1) is 13.0 Å². The third-order valence-corrected chi connectivity index (χ3v) is 3.97. The summed E-state index contributed by atoms with van der Waals surface area (Å²) in [5.41, 5.74) is 6.18. The summed E-state index contributed by atoms with van der Waals surface area (Å²) in [7, 11) is 0. The normalized spacial score (nSPS) is 16.9. The summed E-state index contributed by atoms with van der Waals surface area (Å²) in [4.78, 5) is 10.6. The number of rotatable bonds is 7. The quantitative estimate of drug-likeness (QED) is 0.804. The molecular weight excluding hydrogens is 252 g/mol. The molecule has 0 spiro atoms. The van der Waals surface area contributed by atoms with Crippen molar-refractivity contribution in [2.24, 2.45) is 11.7 Å². The van der Waals surface area contributed by atoms with Gasteiger partial charge in [0.25, 0.3) is 0 Å². The van der Waals surface area contributed by atoms with Gasteiger partial charge in [0.1, 0.15) is 5.75 Å². The fraction of sp³-hybridized carbons (Fsp3) is 0.562. The van der Waals surface area contributed by atoms with Gasteiger partial charge in [-0.15, -0.1) is 0 Å². The van der Waals surface area contributed by atoms with Crippen LogP contribution in [0.1, 0.15) is 39.0 Å². The van der Waals surface area contributed by atoms with Gasteiger partial charge in [0.2, 0.25) is 5.91 Å². The monoisotopic (exact) mass is 276 g/mol. The molecule has 0 radical (unpaired) electrons. The van der Waals surface area contributed by atoms with Crippen molar-refractivity contribution in [3.8, 4) is 5.75 Å². The van der Waals surface area contributed by atoms with E-state index >= 15 is 0 Å². The first kappa shape index (κ1) is 14.7. The summed E-state index contributed by atoms with van der Waals surface area (Å²) in [6.07, 6.45) is 5.65. The smallest absolute Gasteiger partial charge is 0.220 e. The maximum Gasteiger partial charge on any atom is 0.220 e. The first-order valence-electron chi connectivity index (χ1n) is 7.43. The zero-order valence-corrected chi connectivity index (χ0v) is 12.1. The van der Waals surface area contributed by atoms with Gasteiger partial charge in [-0.05, 0) is 49.9 Å². The van der Waals surface area contributed by atoms with Gasteiger partial charge < -0.3 is 15.8 Å². The SMILES string of the molecule is CC(Nc1ccc(OCCC(N)=O)cc1)C1CCCC1. The van der Waals surface area contributed by atoms with Gasteiger partial charge in [-0.1, -0.05) is 12.8 Å². The number of benzene rings is 1. The van der Waals surface area contributed by atoms with Crippen molar-refractivity contribution < 1.29 is 9.53 Å². The summed E-state index contributed by atoms with van der Waals surface area (Å²) < 4.78 is 5.45. The Morgan fingerprint density at radius 1 is 1.35 bits per heavy atom. The lowest BCUT2D eigenvalue weighted by atomic mass is 9.99. The molecule has 1 saturated carbocycles. The van der Waals surface area contributed by atoms with E-state index in [0.717, 1.165) is 17.4 Å². The van der Waals surface area contributed by atoms with Crippen molar-refractivity contribution in [2.75, 3.05) is 11.9 Å². The molecule has 0 bridgehead atoms. The topological polar surface area (TPSA) is 64.3 Å². The summed E-state index contributed by atoms with van der Waals surface area (Å²) in [5, 5.41) is 3.56. The van der Waals surface area contributed by atoms with E-state index in [1.165, 1.54) is 25.7 Å². The highest BCUT2D eigenvalue weighted by Crippen LogP contribution is 2.29. The summed E-state index contributed by atoms with van der Waals surface area (Å²) in [6, 6.07) is 8.39. The minimum Gasteiger partial charge on any atom is -0.493 e. The van der Waals surface area contributed by atoms with Crippen molar-refractivity contribution in [3.63, 3.8) is 0 Å². The van der Waals surface area contributed by atoms with Crippen molar-refractivity contribution in [2.45, 2.75) is 45.1 Å². The van der Waals surface area contributed by atoms with Gasteiger partial charge >= 0.3 is 0 Å². The number of ether oxygens (including phenoxy) is 1. The third kappa shape index (κ3) is 4.44. The van der Waals surface area contributed by atoms with Crippen LogP contribution in [0.3, 0.4) is 0 Å². The van der Waals surface area contributed by atoms with E-state index in [1.807, 2.05) is 24.3 Å². The van der Waals surface area contributed by atoms with Crippen LogP contribution < -0.4 is 15.8 Å². The molecule has 1 aliphatic carbocycles. The number of anilines is 1. The molecule has 4 nitrogen and oxygen atoms in total. The van der Waals surface area contributed by atoms with Gasteiger partial charge in [0.15, 0.2) is 0 Å². The number of hydrogen-bond donors (Lipinski definition) is 2. The van der Waals surface area contributed by atoms with E-state index in [1.54, 1.807) is 0 Å². The Morgan fingerprint density at radius 3 is 2.60 bits per heavy atom. The number of primary amides is 1. The molecule has 1 aliphatic rings. The molecule has 1 atom stereocenters. The fourth-order valence-electron chi connectivity index (χ4n) is 2.75. The average Bonchev–Trinajstić information content (AvgIpc) is 2.94. The third-order valence-electron chi connectivity index (χ3n) is 3.97. The van der Waals surface area contributed by atoms with Gasteiger partial charge in [0, 0.05) is 11.7 Å². The lowest BCUT2D eigenvalue weighted by Gasteiger charge is -2.21. The minimum absolute atomic E-state index is 0.249. The number of nitrogens with two attached hydrogens (primary N) is 1. The van der Waals surface area contributed by atoms with Crippen LogP contribution in [0, 0.1) is 5.92 Å². The lowest BCUT2D eigenvalue weighted by molar-refractivity contribution is -0.118. The second-order valence-electron chi connectivity index (χ2n) is 5.57. The average molecular weight is 276 g/mol. The second-order valence-corrected chi connectivity index (χ2v) is 5.57. The van der Waals surface area contributed by atoms with Crippen LogP contribution >= 0.6 is 0 Å². The van der Waals surface area contributed by atoms with Crippen LogP contribution in [0.2, 0.25) is 0 Å². The Bertz CT molecular complexity index is 425. The van der Waals surface area contributed by atoms with E-state index in [-0.39, 0.29) is 12.3 Å². The largest absolute Gasteiger partial charge is 0.493 e. The van der Waals surface area contributed by atoms with Gasteiger partial charge in [-0.2, -0.15) is 0 Å². The molecule has 1 unspecified atom stereocenters. The van der Waals surface area contributed by atoms with Crippen molar-refractivity contribution in [1.82, 2.24) is 0 Å².